The lowest BCUT2D eigenvalue weighted by molar-refractivity contribution is 0.244. The summed E-state index contributed by atoms with van der Waals surface area (Å²) in [5.41, 5.74) is 5.73. The fraction of sp³-hybridized carbons (Fsp3) is 0.148. The molecule has 4 aromatic rings. The first kappa shape index (κ1) is 21.6. The third-order valence-electron chi connectivity index (χ3n) is 5.91. The van der Waals surface area contributed by atoms with Gasteiger partial charge >= 0.3 is 6.03 Å². The number of hydrogen-bond acceptors (Lipinski definition) is 4. The van der Waals surface area contributed by atoms with E-state index in [-0.39, 0.29) is 11.8 Å². The zero-order valence-corrected chi connectivity index (χ0v) is 19.0. The van der Waals surface area contributed by atoms with Crippen molar-refractivity contribution in [2.45, 2.75) is 26.8 Å². The van der Waals surface area contributed by atoms with E-state index in [1.165, 1.54) is 12.1 Å². The smallest absolute Gasteiger partial charge is 0.326 e. The number of carbonyl (C=O) groups excluding carboxylic acids is 1. The molecule has 0 radical (unpaired) electrons. The zero-order chi connectivity index (χ0) is 23.8. The summed E-state index contributed by atoms with van der Waals surface area (Å²) in [6.45, 7) is 5.83. The van der Waals surface area contributed by atoms with Gasteiger partial charge in [-0.05, 0) is 56.2 Å². The molecule has 1 N–H and O–H groups in total. The number of nitrogens with zero attached hydrogens (tertiary/aromatic N) is 3. The number of nitrogens with one attached hydrogen (secondary N) is 1. The first-order valence-electron chi connectivity index (χ1n) is 11.0. The molecule has 6 nitrogen and oxygen atoms in total. The Hall–Kier alpha value is -4.26. The Labute approximate surface area is 196 Å². The van der Waals surface area contributed by atoms with Gasteiger partial charge in [-0.1, -0.05) is 59.3 Å². The molecule has 3 aromatic carbocycles. The largest absolute Gasteiger partial charge is 0.334 e. The standard InChI is InChI=1S/C27H23FN4O2/c1-16-7-9-20(10-8-16)25-30-26(34-31-25)23-18(3)32(22-6-4-5-17(2)15-22)27(33)29-24(23)19-11-13-21(28)14-12-19/h4-15,24H,1-3H3,(H,29,33). The van der Waals surface area contributed by atoms with Crippen molar-refractivity contribution in [1.82, 2.24) is 15.5 Å². The molecule has 2 amide bonds. The molecule has 0 saturated carbocycles. The predicted octanol–water partition coefficient (Wildman–Crippen LogP) is 6.19. The van der Waals surface area contributed by atoms with Crippen LogP contribution in [0, 0.1) is 19.7 Å². The second-order valence-electron chi connectivity index (χ2n) is 8.40. The van der Waals surface area contributed by atoms with Gasteiger partial charge < -0.3 is 9.84 Å². The van der Waals surface area contributed by atoms with Gasteiger partial charge in [-0.15, -0.1) is 0 Å². The highest BCUT2D eigenvalue weighted by Gasteiger charge is 2.36. The summed E-state index contributed by atoms with van der Waals surface area (Å²) in [6.07, 6.45) is 0. The molecule has 5 rings (SSSR count). The van der Waals surface area contributed by atoms with E-state index in [1.807, 2.05) is 69.3 Å². The van der Waals surface area contributed by atoms with E-state index in [0.29, 0.717) is 28.5 Å². The summed E-state index contributed by atoms with van der Waals surface area (Å²) in [6, 6.07) is 20.7. The second-order valence-corrected chi connectivity index (χ2v) is 8.40. The first-order chi connectivity index (χ1) is 16.4. The number of urea groups is 1. The van der Waals surface area contributed by atoms with Crippen molar-refractivity contribution in [1.29, 1.82) is 0 Å². The Bertz CT molecular complexity index is 1390. The van der Waals surface area contributed by atoms with Gasteiger partial charge in [-0.25, -0.2) is 9.18 Å². The van der Waals surface area contributed by atoms with Crippen LogP contribution >= 0.6 is 0 Å². The molecular weight excluding hydrogens is 431 g/mol. The maximum Gasteiger partial charge on any atom is 0.326 e. The summed E-state index contributed by atoms with van der Waals surface area (Å²) >= 11 is 0. The van der Waals surface area contributed by atoms with Crippen LogP contribution in [0.1, 0.15) is 35.5 Å². The topological polar surface area (TPSA) is 71.3 Å². The first-order valence-corrected chi connectivity index (χ1v) is 11.0. The Morgan fingerprint density at radius 2 is 1.68 bits per heavy atom. The van der Waals surface area contributed by atoms with Gasteiger partial charge in [0, 0.05) is 11.3 Å². The molecular formula is C27H23FN4O2. The molecule has 0 spiro atoms. The Balaban J connectivity index is 1.65. The fourth-order valence-electron chi connectivity index (χ4n) is 4.16. The van der Waals surface area contributed by atoms with Crippen LogP contribution in [-0.4, -0.2) is 16.2 Å². The van der Waals surface area contributed by atoms with Crippen molar-refractivity contribution in [2.24, 2.45) is 0 Å². The highest BCUT2D eigenvalue weighted by atomic mass is 19.1. The lowest BCUT2D eigenvalue weighted by Crippen LogP contribution is -2.46. The van der Waals surface area contributed by atoms with Gasteiger partial charge in [-0.3, -0.25) is 4.90 Å². The molecule has 0 bridgehead atoms. The van der Waals surface area contributed by atoms with E-state index >= 15 is 0 Å². The predicted molar refractivity (Wildman–Crippen MR) is 128 cm³/mol. The van der Waals surface area contributed by atoms with Crippen molar-refractivity contribution < 1.29 is 13.7 Å². The van der Waals surface area contributed by atoms with Crippen molar-refractivity contribution in [3.05, 3.63) is 107 Å². The number of benzene rings is 3. The van der Waals surface area contributed by atoms with Gasteiger partial charge in [0.15, 0.2) is 0 Å². The number of aromatic nitrogens is 2. The number of aryl methyl sites for hydroxylation is 2. The molecule has 1 unspecified atom stereocenters. The molecule has 34 heavy (non-hydrogen) atoms. The summed E-state index contributed by atoms with van der Waals surface area (Å²) in [7, 11) is 0. The summed E-state index contributed by atoms with van der Waals surface area (Å²) < 4.78 is 19.3. The van der Waals surface area contributed by atoms with Crippen LogP contribution in [0.15, 0.2) is 83.0 Å². The van der Waals surface area contributed by atoms with Crippen LogP contribution in [0.3, 0.4) is 0 Å². The van der Waals surface area contributed by atoms with Crippen LogP contribution in [0.2, 0.25) is 0 Å². The van der Waals surface area contributed by atoms with Gasteiger partial charge in [0.1, 0.15) is 5.82 Å². The Kier molecular flexibility index (Phi) is 5.45. The monoisotopic (exact) mass is 454 g/mol. The van der Waals surface area contributed by atoms with Crippen molar-refractivity contribution in [3.63, 3.8) is 0 Å². The number of allylic oxidation sites excluding steroid dienone is 1. The second kappa shape index (κ2) is 8.59. The maximum absolute atomic E-state index is 13.6. The quantitative estimate of drug-likeness (QED) is 0.399. The van der Waals surface area contributed by atoms with Crippen molar-refractivity contribution in [3.8, 4) is 11.4 Å². The van der Waals surface area contributed by atoms with Crippen molar-refractivity contribution in [2.75, 3.05) is 4.90 Å². The third-order valence-corrected chi connectivity index (χ3v) is 5.91. The molecule has 1 atom stereocenters. The summed E-state index contributed by atoms with van der Waals surface area (Å²) in [5.74, 6) is 0.390. The van der Waals surface area contributed by atoms with E-state index < -0.39 is 6.04 Å². The van der Waals surface area contributed by atoms with E-state index in [4.69, 9.17) is 4.52 Å². The molecule has 0 saturated heterocycles. The number of rotatable bonds is 4. The average molecular weight is 455 g/mol. The van der Waals surface area contributed by atoms with Crippen LogP contribution < -0.4 is 10.2 Å². The van der Waals surface area contributed by atoms with E-state index in [0.717, 1.165) is 22.4 Å². The SMILES string of the molecule is CC1=C(c2nc(-c3ccc(C)cc3)no2)C(c2ccc(F)cc2)NC(=O)N1c1cccc(C)c1. The normalized spacial score (nSPS) is 16.1. The highest BCUT2D eigenvalue weighted by molar-refractivity contribution is 6.01. The summed E-state index contributed by atoms with van der Waals surface area (Å²) in [4.78, 5) is 19.5. The molecule has 170 valence electrons. The van der Waals surface area contributed by atoms with E-state index in [2.05, 4.69) is 15.5 Å². The van der Waals surface area contributed by atoms with Gasteiger partial charge in [0.25, 0.3) is 5.89 Å². The third kappa shape index (κ3) is 3.96. The van der Waals surface area contributed by atoms with Crippen LogP contribution in [0.4, 0.5) is 14.9 Å². The minimum atomic E-state index is -0.583. The molecule has 0 aliphatic carbocycles. The molecule has 1 aromatic heterocycles. The average Bonchev–Trinajstić information content (AvgIpc) is 3.29. The summed E-state index contributed by atoms with van der Waals surface area (Å²) in [5, 5.41) is 7.22. The number of carbonyl (C=O) groups is 1. The number of anilines is 1. The Morgan fingerprint density at radius 1 is 0.941 bits per heavy atom. The molecule has 0 fully saturated rings. The lowest BCUT2D eigenvalue weighted by atomic mass is 9.94. The Morgan fingerprint density at radius 3 is 2.38 bits per heavy atom. The molecule has 1 aliphatic heterocycles. The number of hydrogen-bond donors (Lipinski definition) is 1. The van der Waals surface area contributed by atoms with Crippen LogP contribution in [0.25, 0.3) is 17.0 Å². The lowest BCUT2D eigenvalue weighted by Gasteiger charge is -2.35. The minimum Gasteiger partial charge on any atom is -0.334 e. The minimum absolute atomic E-state index is 0.292. The van der Waals surface area contributed by atoms with Crippen LogP contribution in [0.5, 0.6) is 0 Å². The zero-order valence-electron chi connectivity index (χ0n) is 19.0. The molecule has 1 aliphatic rings. The van der Waals surface area contributed by atoms with Gasteiger partial charge in [-0.2, -0.15) is 4.98 Å². The fourth-order valence-corrected chi connectivity index (χ4v) is 4.16. The highest BCUT2D eigenvalue weighted by Crippen LogP contribution is 2.39. The van der Waals surface area contributed by atoms with Crippen molar-refractivity contribution >= 4 is 17.3 Å². The number of halogens is 1. The van der Waals surface area contributed by atoms with Gasteiger partial charge in [0.2, 0.25) is 5.82 Å². The van der Waals surface area contributed by atoms with E-state index in [1.54, 1.807) is 17.0 Å². The number of amides is 2. The maximum atomic E-state index is 13.6. The van der Waals surface area contributed by atoms with Gasteiger partial charge in [0.05, 0.1) is 17.3 Å². The molecule has 7 heteroatoms. The van der Waals surface area contributed by atoms with E-state index in [9.17, 15) is 9.18 Å². The molecule has 2 heterocycles. The van der Waals surface area contributed by atoms with Crippen LogP contribution in [-0.2, 0) is 0 Å².